The number of carbonyl (C=O) groups excluding carboxylic acids is 2. The van der Waals surface area contributed by atoms with Gasteiger partial charge in [0.2, 0.25) is 0 Å². The first-order chi connectivity index (χ1) is 15.5. The molecule has 3 aliphatic rings. The molecule has 8 atom stereocenters. The Bertz CT molecular complexity index is 752. The average molecular weight is 465 g/mol. The number of cyclic esters (lactones) is 1. The van der Waals surface area contributed by atoms with Crippen molar-refractivity contribution in [2.24, 2.45) is 29.6 Å². The van der Waals surface area contributed by atoms with E-state index in [2.05, 4.69) is 32.1 Å². The molecule has 2 aliphatic carbocycles. The Labute approximate surface area is 197 Å². The molecule has 186 valence electrons. The summed E-state index contributed by atoms with van der Waals surface area (Å²) in [6.45, 7) is 9.41. The summed E-state index contributed by atoms with van der Waals surface area (Å²) in [6.07, 6.45) is 9.70. The van der Waals surface area contributed by atoms with Crippen LogP contribution in [-0.2, 0) is 23.9 Å². The van der Waals surface area contributed by atoms with Crippen molar-refractivity contribution < 1.29 is 34.1 Å². The number of hydrogen-bond donors (Lipinski definition) is 2. The van der Waals surface area contributed by atoms with Gasteiger partial charge in [0.25, 0.3) is 5.97 Å². The Morgan fingerprint density at radius 2 is 1.91 bits per heavy atom. The van der Waals surface area contributed by atoms with Gasteiger partial charge >= 0.3 is 11.9 Å². The van der Waals surface area contributed by atoms with E-state index in [4.69, 9.17) is 19.4 Å². The van der Waals surface area contributed by atoms with E-state index >= 15 is 0 Å². The number of carbonyl (C=O) groups is 3. The molecule has 0 aromatic rings. The molecule has 3 rings (SSSR count). The maximum Gasteiger partial charge on any atom is 0.308 e. The number of allylic oxidation sites excluding steroid dienone is 3. The molecule has 0 unspecified atom stereocenters. The highest BCUT2D eigenvalue weighted by Gasteiger charge is 2.42. The summed E-state index contributed by atoms with van der Waals surface area (Å²) in [4.78, 5) is 33.2. The SMILES string of the molecule is CC(=O)O.CC[C@H](C)C(=O)O[C@H]1C[C@@H](C)C=C2C=C[C@H](C)[C@H](CC[C@@H]3C[C@@H](O)CC(=O)O3)[C@H]21. The smallest absolute Gasteiger partial charge is 0.308 e. The third kappa shape index (κ3) is 7.98. The third-order valence-electron chi connectivity index (χ3n) is 6.93. The van der Waals surface area contributed by atoms with E-state index in [1.165, 1.54) is 5.57 Å². The molecule has 7 heteroatoms. The summed E-state index contributed by atoms with van der Waals surface area (Å²) in [5, 5.41) is 17.3. The van der Waals surface area contributed by atoms with Crippen molar-refractivity contribution in [3.8, 4) is 0 Å². The second-order valence-electron chi connectivity index (χ2n) is 9.87. The monoisotopic (exact) mass is 464 g/mol. The number of carboxylic acids is 1. The van der Waals surface area contributed by atoms with Gasteiger partial charge in [-0.1, -0.05) is 45.9 Å². The molecule has 2 N–H and O–H groups in total. The number of aliphatic hydroxyl groups excluding tert-OH is 1. The van der Waals surface area contributed by atoms with Gasteiger partial charge in [-0.05, 0) is 49.0 Å². The quantitative estimate of drug-likeness (QED) is 0.564. The van der Waals surface area contributed by atoms with Gasteiger partial charge in [-0.3, -0.25) is 14.4 Å². The van der Waals surface area contributed by atoms with Crippen LogP contribution >= 0.6 is 0 Å². The van der Waals surface area contributed by atoms with Crippen LogP contribution in [0.1, 0.15) is 73.1 Å². The van der Waals surface area contributed by atoms with Crippen LogP contribution in [0.15, 0.2) is 23.8 Å². The lowest BCUT2D eigenvalue weighted by atomic mass is 9.65. The molecule has 0 spiro atoms. The van der Waals surface area contributed by atoms with E-state index in [-0.39, 0.29) is 42.4 Å². The van der Waals surface area contributed by atoms with Crippen LogP contribution in [0.4, 0.5) is 0 Å². The Kier molecular flexibility index (Phi) is 10.1. The number of hydrogen-bond acceptors (Lipinski definition) is 6. The van der Waals surface area contributed by atoms with Crippen LogP contribution in [0.2, 0.25) is 0 Å². The molecule has 0 amide bonds. The number of fused-ring (bicyclic) bond motifs is 1. The normalized spacial score (nSPS) is 34.1. The fourth-order valence-corrected chi connectivity index (χ4v) is 5.07. The highest BCUT2D eigenvalue weighted by atomic mass is 16.5. The molecule has 1 aliphatic heterocycles. The van der Waals surface area contributed by atoms with Gasteiger partial charge in [-0.25, -0.2) is 0 Å². The van der Waals surface area contributed by atoms with Crippen LogP contribution in [0.5, 0.6) is 0 Å². The summed E-state index contributed by atoms with van der Waals surface area (Å²) < 4.78 is 11.5. The zero-order valence-corrected chi connectivity index (χ0v) is 20.5. The fraction of sp³-hybridized carbons (Fsp3) is 0.731. The van der Waals surface area contributed by atoms with E-state index in [1.54, 1.807) is 0 Å². The average Bonchev–Trinajstić information content (AvgIpc) is 2.71. The second kappa shape index (κ2) is 12.4. The number of carboxylic acid groups (broad SMARTS) is 1. The van der Waals surface area contributed by atoms with Crippen molar-refractivity contribution in [3.63, 3.8) is 0 Å². The first-order valence-corrected chi connectivity index (χ1v) is 12.2. The van der Waals surface area contributed by atoms with Crippen molar-refractivity contribution in [1.29, 1.82) is 0 Å². The standard InChI is InChI=1S/C24H36O5.C2H4O2/c1-5-15(3)24(27)29-21-11-14(2)10-17-7-6-16(4)20(23(17)21)9-8-19-12-18(25)13-22(26)28-19;1-2(3)4/h6-7,10,14-16,18-21,23,25H,5,8-9,11-13H2,1-4H3;1H3,(H,3,4)/t14-,15-,16-,18+,19+,20-,21-,23-;/m0./s1. The second-order valence-corrected chi connectivity index (χ2v) is 9.87. The van der Waals surface area contributed by atoms with Crippen molar-refractivity contribution >= 4 is 17.9 Å². The van der Waals surface area contributed by atoms with Gasteiger partial charge in [0.05, 0.1) is 18.4 Å². The lowest BCUT2D eigenvalue weighted by molar-refractivity contribution is -0.162. The lowest BCUT2D eigenvalue weighted by Gasteiger charge is -2.43. The number of esters is 2. The molecule has 0 aromatic heterocycles. The van der Waals surface area contributed by atoms with E-state index in [1.807, 2.05) is 13.8 Å². The van der Waals surface area contributed by atoms with Crippen molar-refractivity contribution in [2.75, 3.05) is 0 Å². The maximum atomic E-state index is 12.5. The largest absolute Gasteiger partial charge is 0.481 e. The van der Waals surface area contributed by atoms with Crippen molar-refractivity contribution in [3.05, 3.63) is 23.8 Å². The van der Waals surface area contributed by atoms with Gasteiger partial charge in [0.1, 0.15) is 12.2 Å². The number of aliphatic hydroxyl groups is 1. The van der Waals surface area contributed by atoms with Crippen molar-refractivity contribution in [1.82, 2.24) is 0 Å². The first kappa shape index (κ1) is 27.1. The molecule has 0 bridgehead atoms. The molecule has 0 radical (unpaired) electrons. The molecule has 1 saturated heterocycles. The number of rotatable bonds is 6. The summed E-state index contributed by atoms with van der Waals surface area (Å²) >= 11 is 0. The summed E-state index contributed by atoms with van der Waals surface area (Å²) in [5.74, 6) is -0.0785. The molecule has 1 heterocycles. The molecule has 7 nitrogen and oxygen atoms in total. The van der Waals surface area contributed by atoms with Crippen molar-refractivity contribution in [2.45, 2.75) is 91.5 Å². The Morgan fingerprint density at radius 3 is 2.52 bits per heavy atom. The third-order valence-corrected chi connectivity index (χ3v) is 6.93. The number of aliphatic carboxylic acids is 1. The van der Waals surface area contributed by atoms with Crippen LogP contribution in [0.25, 0.3) is 0 Å². The summed E-state index contributed by atoms with van der Waals surface area (Å²) in [7, 11) is 0. The van der Waals surface area contributed by atoms with Gasteiger partial charge in [0, 0.05) is 19.3 Å². The summed E-state index contributed by atoms with van der Waals surface area (Å²) in [6, 6.07) is 0. The maximum absolute atomic E-state index is 12.5. The minimum Gasteiger partial charge on any atom is -0.481 e. The van der Waals surface area contributed by atoms with Crippen LogP contribution in [-0.4, -0.2) is 46.4 Å². The van der Waals surface area contributed by atoms with Gasteiger partial charge < -0.3 is 19.7 Å². The van der Waals surface area contributed by atoms with E-state index in [0.29, 0.717) is 24.2 Å². The lowest BCUT2D eigenvalue weighted by Crippen LogP contribution is -2.42. The van der Waals surface area contributed by atoms with E-state index in [9.17, 15) is 14.7 Å². The Morgan fingerprint density at radius 1 is 1.24 bits per heavy atom. The van der Waals surface area contributed by atoms with Crippen LogP contribution in [0.3, 0.4) is 0 Å². The minimum atomic E-state index is -0.833. The zero-order chi connectivity index (χ0) is 24.7. The summed E-state index contributed by atoms with van der Waals surface area (Å²) in [5.41, 5.74) is 1.27. The zero-order valence-electron chi connectivity index (χ0n) is 20.5. The van der Waals surface area contributed by atoms with Gasteiger partial charge in [-0.15, -0.1) is 0 Å². The predicted molar refractivity (Wildman–Crippen MR) is 124 cm³/mol. The molecular weight excluding hydrogens is 424 g/mol. The van der Waals surface area contributed by atoms with Crippen LogP contribution in [0, 0.1) is 29.6 Å². The Balaban J connectivity index is 0.000000890. The first-order valence-electron chi connectivity index (χ1n) is 12.2. The molecule has 1 fully saturated rings. The van der Waals surface area contributed by atoms with Gasteiger partial charge in [-0.2, -0.15) is 0 Å². The molecule has 0 saturated carbocycles. The highest BCUT2D eigenvalue weighted by molar-refractivity contribution is 5.72. The highest BCUT2D eigenvalue weighted by Crippen LogP contribution is 2.45. The van der Waals surface area contributed by atoms with E-state index in [0.717, 1.165) is 32.6 Å². The molecular formula is C26H40O7. The van der Waals surface area contributed by atoms with E-state index < -0.39 is 12.1 Å². The molecule has 33 heavy (non-hydrogen) atoms. The predicted octanol–water partition coefficient (Wildman–Crippen LogP) is 4.29. The Hall–Kier alpha value is -2.15. The topological polar surface area (TPSA) is 110 Å². The fourth-order valence-electron chi connectivity index (χ4n) is 5.07. The number of ether oxygens (including phenoxy) is 2. The van der Waals surface area contributed by atoms with Crippen LogP contribution < -0.4 is 0 Å². The molecule has 0 aromatic carbocycles. The minimum absolute atomic E-state index is 0.0854. The van der Waals surface area contributed by atoms with Gasteiger partial charge in [0.15, 0.2) is 0 Å².